The van der Waals surface area contributed by atoms with Gasteiger partial charge in [-0.05, 0) is 61.4 Å². The van der Waals surface area contributed by atoms with Crippen molar-refractivity contribution in [1.82, 2.24) is 15.5 Å². The van der Waals surface area contributed by atoms with Gasteiger partial charge in [-0.1, -0.05) is 39.3 Å². The first-order valence-electron chi connectivity index (χ1n) is 9.74. The molecule has 1 N–H and O–H groups in total. The van der Waals surface area contributed by atoms with Gasteiger partial charge in [-0.3, -0.25) is 0 Å². The van der Waals surface area contributed by atoms with Gasteiger partial charge in [-0.15, -0.1) is 0 Å². The molecule has 1 aliphatic rings. The van der Waals surface area contributed by atoms with E-state index >= 15 is 0 Å². The number of hydrogen-bond acceptors (Lipinski definition) is 5. The van der Waals surface area contributed by atoms with Gasteiger partial charge in [0.2, 0.25) is 11.7 Å². The molecule has 0 saturated carbocycles. The SMILES string of the molecule is FC(F)(F)c1cc(-c2noc(C3CCCN3)n2)ccc1OC/C=C/c1cccc(Br)c1. The monoisotopic (exact) mass is 493 g/mol. The van der Waals surface area contributed by atoms with Crippen LogP contribution in [0.15, 0.2) is 57.5 Å². The Labute approximate surface area is 185 Å². The highest BCUT2D eigenvalue weighted by molar-refractivity contribution is 9.10. The molecule has 3 aromatic rings. The van der Waals surface area contributed by atoms with Crippen LogP contribution < -0.4 is 10.1 Å². The molecule has 1 aromatic heterocycles. The number of halogens is 4. The van der Waals surface area contributed by atoms with Crippen LogP contribution in [0, 0.1) is 0 Å². The van der Waals surface area contributed by atoms with Crippen molar-refractivity contribution in [3.05, 3.63) is 70.0 Å². The van der Waals surface area contributed by atoms with Crippen molar-refractivity contribution in [3.63, 3.8) is 0 Å². The Bertz CT molecular complexity index is 1080. The van der Waals surface area contributed by atoms with E-state index in [0.717, 1.165) is 35.5 Å². The van der Waals surface area contributed by atoms with Crippen molar-refractivity contribution in [2.75, 3.05) is 13.2 Å². The molecule has 1 aliphatic heterocycles. The fourth-order valence-electron chi connectivity index (χ4n) is 3.34. The van der Waals surface area contributed by atoms with E-state index in [2.05, 4.69) is 31.4 Å². The lowest BCUT2D eigenvalue weighted by molar-refractivity contribution is -0.138. The summed E-state index contributed by atoms with van der Waals surface area (Å²) in [7, 11) is 0. The summed E-state index contributed by atoms with van der Waals surface area (Å²) in [5.41, 5.74) is 0.248. The third-order valence-electron chi connectivity index (χ3n) is 4.84. The number of benzene rings is 2. The topological polar surface area (TPSA) is 60.2 Å². The fraction of sp³-hybridized carbons (Fsp3) is 0.273. The van der Waals surface area contributed by atoms with Gasteiger partial charge in [0.15, 0.2) is 0 Å². The van der Waals surface area contributed by atoms with Crippen LogP contribution >= 0.6 is 15.9 Å². The molecule has 162 valence electrons. The molecule has 2 aromatic carbocycles. The first kappa shape index (κ1) is 21.6. The van der Waals surface area contributed by atoms with Crippen molar-refractivity contribution in [1.29, 1.82) is 0 Å². The van der Waals surface area contributed by atoms with Gasteiger partial charge >= 0.3 is 6.18 Å². The Morgan fingerprint density at radius 2 is 2.10 bits per heavy atom. The van der Waals surface area contributed by atoms with Crippen LogP contribution in [0.3, 0.4) is 0 Å². The smallest absolute Gasteiger partial charge is 0.419 e. The molecular formula is C22H19BrF3N3O2. The van der Waals surface area contributed by atoms with Gasteiger partial charge in [-0.2, -0.15) is 18.2 Å². The van der Waals surface area contributed by atoms with Crippen molar-refractivity contribution in [2.45, 2.75) is 25.1 Å². The molecule has 0 radical (unpaired) electrons. The van der Waals surface area contributed by atoms with Gasteiger partial charge < -0.3 is 14.6 Å². The number of nitrogens with zero attached hydrogens (tertiary/aromatic N) is 2. The molecule has 5 nitrogen and oxygen atoms in total. The summed E-state index contributed by atoms with van der Waals surface area (Å²) in [4.78, 5) is 4.27. The fourth-order valence-corrected chi connectivity index (χ4v) is 3.76. The van der Waals surface area contributed by atoms with E-state index in [4.69, 9.17) is 9.26 Å². The van der Waals surface area contributed by atoms with Crippen LogP contribution in [0.4, 0.5) is 13.2 Å². The second-order valence-electron chi connectivity index (χ2n) is 7.08. The standard InChI is InChI=1S/C22H19BrF3N3O2/c23-16-6-1-4-14(12-16)5-3-11-30-19-9-8-15(13-17(19)22(24,25)26)20-28-21(31-29-20)18-7-2-10-27-18/h1,3-6,8-9,12-13,18,27H,2,7,10-11H2/b5-3+. The molecule has 0 spiro atoms. The highest BCUT2D eigenvalue weighted by atomic mass is 79.9. The van der Waals surface area contributed by atoms with Crippen molar-refractivity contribution in [2.24, 2.45) is 0 Å². The normalized spacial score (nSPS) is 16.8. The molecule has 1 unspecified atom stereocenters. The molecule has 0 bridgehead atoms. The Balaban J connectivity index is 1.51. The van der Waals surface area contributed by atoms with Crippen LogP contribution in [0.25, 0.3) is 17.5 Å². The Hall–Kier alpha value is -2.65. The third kappa shape index (κ3) is 5.34. The van der Waals surface area contributed by atoms with Crippen LogP contribution in [0.2, 0.25) is 0 Å². The highest BCUT2D eigenvalue weighted by Crippen LogP contribution is 2.38. The van der Waals surface area contributed by atoms with Gasteiger partial charge in [0.25, 0.3) is 0 Å². The minimum atomic E-state index is -4.58. The molecule has 1 atom stereocenters. The van der Waals surface area contributed by atoms with Gasteiger partial charge in [0.05, 0.1) is 11.6 Å². The van der Waals surface area contributed by atoms with Crippen molar-refractivity contribution < 1.29 is 22.4 Å². The predicted octanol–water partition coefficient (Wildman–Crippen LogP) is 6.03. The van der Waals surface area contributed by atoms with Gasteiger partial charge in [0, 0.05) is 10.0 Å². The lowest BCUT2D eigenvalue weighted by Gasteiger charge is -2.14. The van der Waals surface area contributed by atoms with E-state index in [9.17, 15) is 13.2 Å². The lowest BCUT2D eigenvalue weighted by atomic mass is 10.1. The summed E-state index contributed by atoms with van der Waals surface area (Å²) in [5.74, 6) is 0.255. The molecule has 1 saturated heterocycles. The lowest BCUT2D eigenvalue weighted by Crippen LogP contribution is -2.13. The molecule has 9 heteroatoms. The van der Waals surface area contributed by atoms with Crippen LogP contribution in [0.5, 0.6) is 5.75 Å². The maximum Gasteiger partial charge on any atom is 0.419 e. The van der Waals surface area contributed by atoms with Gasteiger partial charge in [-0.25, -0.2) is 0 Å². The Morgan fingerprint density at radius 1 is 1.23 bits per heavy atom. The average molecular weight is 494 g/mol. The Morgan fingerprint density at radius 3 is 2.84 bits per heavy atom. The Kier molecular flexibility index (Phi) is 6.43. The summed E-state index contributed by atoms with van der Waals surface area (Å²) in [6.07, 6.45) is 0.706. The summed E-state index contributed by atoms with van der Waals surface area (Å²) in [5, 5.41) is 7.07. The highest BCUT2D eigenvalue weighted by Gasteiger charge is 2.35. The first-order valence-corrected chi connectivity index (χ1v) is 10.5. The molecule has 4 rings (SSSR count). The van der Waals surface area contributed by atoms with Crippen LogP contribution in [-0.4, -0.2) is 23.3 Å². The molecular weight excluding hydrogens is 475 g/mol. The molecule has 0 aliphatic carbocycles. The van der Waals surface area contributed by atoms with E-state index < -0.39 is 11.7 Å². The number of rotatable bonds is 6. The largest absolute Gasteiger partial charge is 0.489 e. The van der Waals surface area contributed by atoms with Crippen LogP contribution in [0.1, 0.15) is 35.9 Å². The molecule has 2 heterocycles. The van der Waals surface area contributed by atoms with E-state index in [1.54, 1.807) is 12.2 Å². The van der Waals surface area contributed by atoms with E-state index in [-0.39, 0.29) is 29.8 Å². The quantitative estimate of drug-likeness (QED) is 0.453. The molecule has 0 amide bonds. The van der Waals surface area contributed by atoms with Gasteiger partial charge in [0.1, 0.15) is 12.4 Å². The number of aromatic nitrogens is 2. The average Bonchev–Trinajstić information content (AvgIpc) is 3.42. The third-order valence-corrected chi connectivity index (χ3v) is 5.33. The zero-order valence-corrected chi connectivity index (χ0v) is 17.9. The second kappa shape index (κ2) is 9.23. The zero-order valence-electron chi connectivity index (χ0n) is 16.3. The van der Waals surface area contributed by atoms with Crippen LogP contribution in [-0.2, 0) is 6.18 Å². The molecule has 1 fully saturated rings. The van der Waals surface area contributed by atoms with E-state index in [1.165, 1.54) is 12.1 Å². The maximum absolute atomic E-state index is 13.6. The van der Waals surface area contributed by atoms with Crippen molar-refractivity contribution in [3.8, 4) is 17.1 Å². The summed E-state index contributed by atoms with van der Waals surface area (Å²) in [6, 6.07) is 11.3. The molecule has 31 heavy (non-hydrogen) atoms. The zero-order chi connectivity index (χ0) is 21.8. The summed E-state index contributed by atoms with van der Waals surface area (Å²) in [6.45, 7) is 0.845. The number of alkyl halides is 3. The van der Waals surface area contributed by atoms with E-state index in [0.29, 0.717) is 5.89 Å². The minimum absolute atomic E-state index is 0.00531. The number of ether oxygens (including phenoxy) is 1. The second-order valence-corrected chi connectivity index (χ2v) is 8.00. The summed E-state index contributed by atoms with van der Waals surface area (Å²) >= 11 is 3.38. The van der Waals surface area contributed by atoms with Crippen molar-refractivity contribution >= 4 is 22.0 Å². The van der Waals surface area contributed by atoms with E-state index in [1.807, 2.05) is 24.3 Å². The maximum atomic E-state index is 13.6. The predicted molar refractivity (Wildman–Crippen MR) is 113 cm³/mol. The number of nitrogens with one attached hydrogen (secondary N) is 1. The number of hydrogen-bond donors (Lipinski definition) is 1. The first-order chi connectivity index (χ1) is 14.9. The summed E-state index contributed by atoms with van der Waals surface area (Å²) < 4.78 is 52.5. The minimum Gasteiger partial charge on any atom is -0.489 e.